The van der Waals surface area contributed by atoms with Crippen LogP contribution in [0.15, 0.2) is 77.9 Å². The topological polar surface area (TPSA) is 109 Å². The number of nitrogens with one attached hydrogen (secondary N) is 3. The molecule has 33 heavy (non-hydrogen) atoms. The lowest BCUT2D eigenvalue weighted by Crippen LogP contribution is -2.32. The van der Waals surface area contributed by atoms with Crippen molar-refractivity contribution in [3.63, 3.8) is 0 Å². The van der Waals surface area contributed by atoms with Crippen molar-refractivity contribution in [3.05, 3.63) is 89.5 Å². The van der Waals surface area contributed by atoms with Gasteiger partial charge in [-0.1, -0.05) is 42.0 Å². The third kappa shape index (κ3) is 7.62. The van der Waals surface area contributed by atoms with Crippen LogP contribution in [0.4, 0.5) is 11.4 Å². The number of rotatable bonds is 7. The highest BCUT2D eigenvalue weighted by molar-refractivity contribution is 6.39. The lowest BCUT2D eigenvalue weighted by molar-refractivity contribution is -0.136. The Morgan fingerprint density at radius 1 is 0.879 bits per heavy atom. The molecule has 0 fully saturated rings. The monoisotopic (exact) mass is 444 g/mol. The Morgan fingerprint density at radius 3 is 2.21 bits per heavy atom. The average Bonchev–Trinajstić information content (AvgIpc) is 2.80. The van der Waals surface area contributed by atoms with E-state index in [0.29, 0.717) is 29.3 Å². The van der Waals surface area contributed by atoms with E-state index in [1.807, 2.05) is 43.3 Å². The fraction of sp³-hybridized carbons (Fsp3) is 0.120. The summed E-state index contributed by atoms with van der Waals surface area (Å²) < 4.78 is 5.80. The van der Waals surface area contributed by atoms with Gasteiger partial charge in [-0.3, -0.25) is 14.4 Å². The van der Waals surface area contributed by atoms with Crippen LogP contribution in [0, 0.1) is 6.92 Å². The summed E-state index contributed by atoms with van der Waals surface area (Å²) in [4.78, 5) is 35.0. The number of hydrazone groups is 1. The standard InChI is InChI=1S/C25H24N4O4/c1-17-6-8-19(9-7-17)16-33-23-5-3-4-20(14-23)15-26-29-25(32)24(31)28-22-12-10-21(11-13-22)27-18(2)30/h3-15H,16H2,1-2H3,(H,27,30)(H,28,31)(H,29,32)/b26-15+. The molecular formula is C25H24N4O4. The summed E-state index contributed by atoms with van der Waals surface area (Å²) in [6, 6.07) is 21.7. The number of benzene rings is 3. The summed E-state index contributed by atoms with van der Waals surface area (Å²) in [6.45, 7) is 3.86. The number of hydrogen-bond donors (Lipinski definition) is 3. The smallest absolute Gasteiger partial charge is 0.329 e. The molecule has 0 aromatic heterocycles. The third-order valence-corrected chi connectivity index (χ3v) is 4.43. The largest absolute Gasteiger partial charge is 0.489 e. The van der Waals surface area contributed by atoms with Gasteiger partial charge in [-0.25, -0.2) is 5.43 Å². The minimum atomic E-state index is -0.913. The van der Waals surface area contributed by atoms with E-state index in [4.69, 9.17) is 4.74 Å². The van der Waals surface area contributed by atoms with E-state index in [1.165, 1.54) is 18.7 Å². The first-order valence-electron chi connectivity index (χ1n) is 10.2. The highest BCUT2D eigenvalue weighted by atomic mass is 16.5. The van der Waals surface area contributed by atoms with Crippen LogP contribution in [0.25, 0.3) is 0 Å². The van der Waals surface area contributed by atoms with E-state index in [0.717, 1.165) is 5.56 Å². The van der Waals surface area contributed by atoms with Gasteiger partial charge in [-0.15, -0.1) is 0 Å². The fourth-order valence-electron chi connectivity index (χ4n) is 2.78. The number of nitrogens with zero attached hydrogens (tertiary/aromatic N) is 1. The molecule has 3 aromatic carbocycles. The first-order chi connectivity index (χ1) is 15.9. The molecule has 0 aliphatic heterocycles. The number of ether oxygens (including phenoxy) is 1. The maximum Gasteiger partial charge on any atom is 0.329 e. The van der Waals surface area contributed by atoms with Gasteiger partial charge in [0.1, 0.15) is 12.4 Å². The summed E-state index contributed by atoms with van der Waals surface area (Å²) in [5.41, 5.74) is 6.13. The van der Waals surface area contributed by atoms with Crippen molar-refractivity contribution in [2.75, 3.05) is 10.6 Å². The summed E-state index contributed by atoms with van der Waals surface area (Å²) in [7, 11) is 0. The molecule has 3 rings (SSSR count). The van der Waals surface area contributed by atoms with E-state index in [1.54, 1.807) is 36.4 Å². The number of aryl methyl sites for hydroxylation is 1. The second-order valence-electron chi connectivity index (χ2n) is 7.26. The first-order valence-corrected chi connectivity index (χ1v) is 10.2. The molecule has 8 heteroatoms. The zero-order valence-electron chi connectivity index (χ0n) is 18.3. The Balaban J connectivity index is 1.49. The van der Waals surface area contributed by atoms with Gasteiger partial charge >= 0.3 is 11.8 Å². The van der Waals surface area contributed by atoms with Crippen molar-refractivity contribution in [2.45, 2.75) is 20.5 Å². The van der Waals surface area contributed by atoms with Crippen LogP contribution in [0.1, 0.15) is 23.6 Å². The molecule has 3 amide bonds. The predicted octanol–water partition coefficient (Wildman–Crippen LogP) is 3.62. The molecular weight excluding hydrogens is 420 g/mol. The summed E-state index contributed by atoms with van der Waals surface area (Å²) >= 11 is 0. The first kappa shape index (κ1) is 23.2. The Morgan fingerprint density at radius 2 is 1.55 bits per heavy atom. The van der Waals surface area contributed by atoms with Crippen molar-refractivity contribution in [2.24, 2.45) is 5.10 Å². The van der Waals surface area contributed by atoms with Crippen molar-refractivity contribution in [3.8, 4) is 5.75 Å². The van der Waals surface area contributed by atoms with Gasteiger partial charge in [0.2, 0.25) is 5.91 Å². The van der Waals surface area contributed by atoms with Crippen LogP contribution in [0.3, 0.4) is 0 Å². The number of carbonyl (C=O) groups is 3. The van der Waals surface area contributed by atoms with Crippen LogP contribution in [0.2, 0.25) is 0 Å². The summed E-state index contributed by atoms with van der Waals surface area (Å²) in [5, 5.41) is 8.90. The highest BCUT2D eigenvalue weighted by Gasteiger charge is 2.12. The average molecular weight is 444 g/mol. The molecule has 0 saturated heterocycles. The zero-order chi connectivity index (χ0) is 23.6. The number of amides is 3. The van der Waals surface area contributed by atoms with Gasteiger partial charge < -0.3 is 15.4 Å². The molecule has 3 aromatic rings. The van der Waals surface area contributed by atoms with Gasteiger partial charge in [0.15, 0.2) is 0 Å². The van der Waals surface area contributed by atoms with Crippen molar-refractivity contribution in [1.29, 1.82) is 0 Å². The second kappa shape index (κ2) is 11.2. The molecule has 0 heterocycles. The Labute approximate surface area is 191 Å². The maximum atomic E-state index is 12.0. The van der Waals surface area contributed by atoms with E-state index in [-0.39, 0.29) is 5.91 Å². The van der Waals surface area contributed by atoms with Crippen molar-refractivity contribution >= 4 is 35.3 Å². The molecule has 0 atom stereocenters. The molecule has 0 bridgehead atoms. The van der Waals surface area contributed by atoms with Gasteiger partial charge in [0, 0.05) is 18.3 Å². The molecule has 0 unspecified atom stereocenters. The second-order valence-corrected chi connectivity index (χ2v) is 7.26. The molecule has 0 aliphatic carbocycles. The maximum absolute atomic E-state index is 12.0. The van der Waals surface area contributed by atoms with E-state index in [9.17, 15) is 14.4 Å². The third-order valence-electron chi connectivity index (χ3n) is 4.43. The van der Waals surface area contributed by atoms with Gasteiger partial charge in [0.05, 0.1) is 6.21 Å². The van der Waals surface area contributed by atoms with E-state index < -0.39 is 11.8 Å². The molecule has 0 spiro atoms. The molecule has 0 aliphatic rings. The highest BCUT2D eigenvalue weighted by Crippen LogP contribution is 2.15. The Kier molecular flexibility index (Phi) is 7.91. The van der Waals surface area contributed by atoms with Crippen molar-refractivity contribution < 1.29 is 19.1 Å². The molecule has 3 N–H and O–H groups in total. The Bertz CT molecular complexity index is 1160. The molecule has 0 radical (unpaired) electrons. The summed E-state index contributed by atoms with van der Waals surface area (Å²) in [6.07, 6.45) is 1.42. The minimum Gasteiger partial charge on any atom is -0.489 e. The van der Waals surface area contributed by atoms with Gasteiger partial charge in [0.25, 0.3) is 0 Å². The number of hydrogen-bond acceptors (Lipinski definition) is 5. The van der Waals surface area contributed by atoms with Crippen LogP contribution in [0.5, 0.6) is 5.75 Å². The predicted molar refractivity (Wildman–Crippen MR) is 127 cm³/mol. The van der Waals surface area contributed by atoms with Crippen LogP contribution in [-0.4, -0.2) is 23.9 Å². The van der Waals surface area contributed by atoms with E-state index in [2.05, 4.69) is 21.2 Å². The van der Waals surface area contributed by atoms with Crippen LogP contribution in [-0.2, 0) is 21.0 Å². The zero-order valence-corrected chi connectivity index (χ0v) is 18.3. The molecule has 0 saturated carbocycles. The Hall–Kier alpha value is -4.46. The fourth-order valence-corrected chi connectivity index (χ4v) is 2.78. The van der Waals surface area contributed by atoms with Crippen molar-refractivity contribution in [1.82, 2.24) is 5.43 Å². The van der Waals surface area contributed by atoms with Crippen LogP contribution >= 0.6 is 0 Å². The molecule has 8 nitrogen and oxygen atoms in total. The normalized spacial score (nSPS) is 10.5. The van der Waals surface area contributed by atoms with E-state index >= 15 is 0 Å². The quantitative estimate of drug-likeness (QED) is 0.294. The lowest BCUT2D eigenvalue weighted by atomic mass is 10.2. The summed E-state index contributed by atoms with van der Waals surface area (Å²) in [5.74, 6) is -1.32. The van der Waals surface area contributed by atoms with Gasteiger partial charge in [-0.05, 0) is 54.4 Å². The molecule has 168 valence electrons. The number of carbonyl (C=O) groups excluding carboxylic acids is 3. The SMILES string of the molecule is CC(=O)Nc1ccc(NC(=O)C(=O)N/N=C/c2cccc(OCc3ccc(C)cc3)c2)cc1. The minimum absolute atomic E-state index is 0.201. The lowest BCUT2D eigenvalue weighted by Gasteiger charge is -2.07. The number of anilines is 2. The van der Waals surface area contributed by atoms with Gasteiger partial charge in [-0.2, -0.15) is 5.10 Å². The van der Waals surface area contributed by atoms with Crippen LogP contribution < -0.4 is 20.8 Å².